The van der Waals surface area contributed by atoms with E-state index in [1.807, 2.05) is 6.07 Å². The molecule has 2 nitrogen and oxygen atoms in total. The second kappa shape index (κ2) is 4.82. The van der Waals surface area contributed by atoms with Crippen LogP contribution >= 0.6 is 15.9 Å². The topological polar surface area (TPSA) is 37.3 Å². The summed E-state index contributed by atoms with van der Waals surface area (Å²) in [4.78, 5) is 11.3. The second-order valence-electron chi connectivity index (χ2n) is 3.76. The number of rotatable bonds is 3. The fourth-order valence-electron chi connectivity index (χ4n) is 1.70. The predicted octanol–water partition coefficient (Wildman–Crippen LogP) is 2.88. The minimum atomic E-state index is -1.58. The third-order valence-electron chi connectivity index (χ3n) is 2.67. The highest BCUT2D eigenvalue weighted by molar-refractivity contribution is 9.10. The quantitative estimate of drug-likeness (QED) is 0.883. The van der Waals surface area contributed by atoms with Crippen molar-refractivity contribution in [1.82, 2.24) is 0 Å². The van der Waals surface area contributed by atoms with Crippen molar-refractivity contribution in [3.63, 3.8) is 0 Å². The molecule has 0 amide bonds. The standard InChI is InChI=1S/C14H11BrO2/c15-13-8-6-12(7-9-13)14(17,10-16)11-4-2-1-3-5-11/h1-10,17H. The van der Waals surface area contributed by atoms with Crippen LogP contribution in [-0.2, 0) is 10.4 Å². The molecule has 1 atom stereocenters. The van der Waals surface area contributed by atoms with E-state index >= 15 is 0 Å². The summed E-state index contributed by atoms with van der Waals surface area (Å²) in [6, 6.07) is 15.9. The van der Waals surface area contributed by atoms with Gasteiger partial charge in [-0.3, -0.25) is 4.79 Å². The van der Waals surface area contributed by atoms with Crippen LogP contribution in [0.3, 0.4) is 0 Å². The van der Waals surface area contributed by atoms with Gasteiger partial charge in [-0.05, 0) is 23.3 Å². The molecule has 0 aliphatic rings. The van der Waals surface area contributed by atoms with E-state index in [9.17, 15) is 9.90 Å². The normalized spacial score (nSPS) is 14.0. The van der Waals surface area contributed by atoms with Gasteiger partial charge in [0.1, 0.15) is 0 Å². The maximum absolute atomic E-state index is 11.3. The van der Waals surface area contributed by atoms with Gasteiger partial charge in [-0.25, -0.2) is 0 Å². The van der Waals surface area contributed by atoms with E-state index < -0.39 is 5.60 Å². The molecule has 0 aliphatic heterocycles. The van der Waals surface area contributed by atoms with Crippen LogP contribution in [0.25, 0.3) is 0 Å². The molecule has 0 aliphatic carbocycles. The van der Waals surface area contributed by atoms with E-state index in [1.165, 1.54) is 0 Å². The maximum atomic E-state index is 11.3. The Morgan fingerprint density at radius 2 is 1.47 bits per heavy atom. The van der Waals surface area contributed by atoms with E-state index in [2.05, 4.69) is 15.9 Å². The molecule has 0 spiro atoms. The monoisotopic (exact) mass is 290 g/mol. The highest BCUT2D eigenvalue weighted by Crippen LogP contribution is 2.28. The lowest BCUT2D eigenvalue weighted by atomic mass is 9.88. The molecule has 0 fully saturated rings. The highest BCUT2D eigenvalue weighted by atomic mass is 79.9. The Morgan fingerprint density at radius 1 is 0.941 bits per heavy atom. The third kappa shape index (κ3) is 2.30. The Kier molecular flexibility index (Phi) is 3.41. The van der Waals surface area contributed by atoms with Gasteiger partial charge in [0.15, 0.2) is 11.9 Å². The van der Waals surface area contributed by atoms with Crippen LogP contribution in [0, 0.1) is 0 Å². The smallest absolute Gasteiger partial charge is 0.170 e. The zero-order valence-electron chi connectivity index (χ0n) is 9.01. The van der Waals surface area contributed by atoms with E-state index in [1.54, 1.807) is 48.5 Å². The predicted molar refractivity (Wildman–Crippen MR) is 69.6 cm³/mol. The maximum Gasteiger partial charge on any atom is 0.170 e. The van der Waals surface area contributed by atoms with E-state index in [0.717, 1.165) is 4.47 Å². The summed E-state index contributed by atoms with van der Waals surface area (Å²) in [5.74, 6) is 0. The Hall–Kier alpha value is -1.45. The summed E-state index contributed by atoms with van der Waals surface area (Å²) in [6.45, 7) is 0. The number of halogens is 1. The van der Waals surface area contributed by atoms with E-state index in [0.29, 0.717) is 17.4 Å². The van der Waals surface area contributed by atoms with Crippen LogP contribution in [0.5, 0.6) is 0 Å². The first kappa shape index (κ1) is 12.0. The average molecular weight is 291 g/mol. The molecule has 17 heavy (non-hydrogen) atoms. The molecule has 0 bridgehead atoms. The Balaban J connectivity index is 2.51. The summed E-state index contributed by atoms with van der Waals surface area (Å²) in [5.41, 5.74) is -0.457. The minimum Gasteiger partial charge on any atom is -0.373 e. The number of hydrogen-bond acceptors (Lipinski definition) is 2. The van der Waals surface area contributed by atoms with Crippen LogP contribution < -0.4 is 0 Å². The fourth-order valence-corrected chi connectivity index (χ4v) is 1.96. The van der Waals surface area contributed by atoms with Gasteiger partial charge in [0.05, 0.1) is 0 Å². The van der Waals surface area contributed by atoms with Crippen LogP contribution in [-0.4, -0.2) is 11.4 Å². The molecule has 0 heterocycles. The lowest BCUT2D eigenvalue weighted by Crippen LogP contribution is -2.28. The summed E-state index contributed by atoms with van der Waals surface area (Å²) < 4.78 is 0.905. The third-order valence-corrected chi connectivity index (χ3v) is 3.20. The van der Waals surface area contributed by atoms with Gasteiger partial charge in [-0.1, -0.05) is 58.4 Å². The summed E-state index contributed by atoms with van der Waals surface area (Å²) >= 11 is 3.32. The molecule has 0 aromatic heterocycles. The van der Waals surface area contributed by atoms with E-state index in [4.69, 9.17) is 0 Å². The number of aldehydes is 1. The summed E-state index contributed by atoms with van der Waals surface area (Å²) in [5, 5.41) is 10.5. The van der Waals surface area contributed by atoms with Crippen molar-refractivity contribution in [2.24, 2.45) is 0 Å². The zero-order chi connectivity index (χ0) is 12.3. The summed E-state index contributed by atoms with van der Waals surface area (Å²) in [6.07, 6.45) is 0.561. The average Bonchev–Trinajstić information content (AvgIpc) is 2.40. The minimum absolute atomic E-state index is 0.557. The molecule has 3 heteroatoms. The number of aliphatic hydroxyl groups is 1. The molecule has 0 radical (unpaired) electrons. The molecular weight excluding hydrogens is 280 g/mol. The van der Waals surface area contributed by atoms with Crippen molar-refractivity contribution in [2.45, 2.75) is 5.60 Å². The van der Waals surface area contributed by atoms with Crippen LogP contribution in [0.15, 0.2) is 59.1 Å². The fraction of sp³-hybridized carbons (Fsp3) is 0.0714. The van der Waals surface area contributed by atoms with Crippen molar-refractivity contribution in [3.05, 3.63) is 70.2 Å². The van der Waals surface area contributed by atoms with Gasteiger partial charge < -0.3 is 5.11 Å². The SMILES string of the molecule is O=CC(O)(c1ccccc1)c1ccc(Br)cc1. The first-order valence-corrected chi connectivity index (χ1v) is 5.96. The van der Waals surface area contributed by atoms with Crippen LogP contribution in [0.1, 0.15) is 11.1 Å². The highest BCUT2D eigenvalue weighted by Gasteiger charge is 2.30. The lowest BCUT2D eigenvalue weighted by molar-refractivity contribution is -0.121. The van der Waals surface area contributed by atoms with Gasteiger partial charge in [-0.15, -0.1) is 0 Å². The molecule has 0 saturated heterocycles. The first-order valence-electron chi connectivity index (χ1n) is 5.17. The van der Waals surface area contributed by atoms with Gasteiger partial charge in [0, 0.05) is 4.47 Å². The van der Waals surface area contributed by atoms with Crippen molar-refractivity contribution in [3.8, 4) is 0 Å². The second-order valence-corrected chi connectivity index (χ2v) is 4.67. The van der Waals surface area contributed by atoms with Gasteiger partial charge in [0.2, 0.25) is 0 Å². The summed E-state index contributed by atoms with van der Waals surface area (Å²) in [7, 11) is 0. The lowest BCUT2D eigenvalue weighted by Gasteiger charge is -2.22. The largest absolute Gasteiger partial charge is 0.373 e. The number of carbonyl (C=O) groups is 1. The molecule has 0 saturated carbocycles. The zero-order valence-corrected chi connectivity index (χ0v) is 10.6. The number of benzene rings is 2. The molecule has 1 N–H and O–H groups in total. The van der Waals surface area contributed by atoms with Crippen molar-refractivity contribution in [1.29, 1.82) is 0 Å². The van der Waals surface area contributed by atoms with Crippen molar-refractivity contribution < 1.29 is 9.90 Å². The molecule has 2 aromatic carbocycles. The van der Waals surface area contributed by atoms with Gasteiger partial charge >= 0.3 is 0 Å². The van der Waals surface area contributed by atoms with Crippen LogP contribution in [0.2, 0.25) is 0 Å². The Labute approximate surface area is 108 Å². The first-order chi connectivity index (χ1) is 8.16. The number of carbonyl (C=O) groups excluding carboxylic acids is 1. The van der Waals surface area contributed by atoms with Gasteiger partial charge in [-0.2, -0.15) is 0 Å². The molecule has 1 unspecified atom stereocenters. The van der Waals surface area contributed by atoms with Crippen molar-refractivity contribution >= 4 is 22.2 Å². The van der Waals surface area contributed by atoms with Crippen molar-refractivity contribution in [2.75, 3.05) is 0 Å². The number of hydrogen-bond donors (Lipinski definition) is 1. The van der Waals surface area contributed by atoms with Gasteiger partial charge in [0.25, 0.3) is 0 Å². The van der Waals surface area contributed by atoms with E-state index in [-0.39, 0.29) is 0 Å². The Bertz CT molecular complexity index is 508. The Morgan fingerprint density at radius 3 is 2.00 bits per heavy atom. The molecule has 2 rings (SSSR count). The van der Waals surface area contributed by atoms with Crippen LogP contribution in [0.4, 0.5) is 0 Å². The molecular formula is C14H11BrO2. The molecule has 86 valence electrons. The molecule has 2 aromatic rings.